The Bertz CT molecular complexity index is 794. The van der Waals surface area contributed by atoms with Gasteiger partial charge in [-0.1, -0.05) is 24.8 Å². The van der Waals surface area contributed by atoms with Gasteiger partial charge in [-0.25, -0.2) is 4.98 Å². The van der Waals surface area contributed by atoms with Gasteiger partial charge >= 0.3 is 5.97 Å². The summed E-state index contributed by atoms with van der Waals surface area (Å²) in [6, 6.07) is 1.91. The summed E-state index contributed by atoms with van der Waals surface area (Å²) in [6.45, 7) is 6.57. The standard InChI is InChI=1S/C15H16N2O3S2/c1-3-6-17-13(18)10-8-9(4-2)21-12(10)16-15(17)22-11-5-7-20-14(11)19/h3,8,11H,1,4-7H2,2H3/t11-/m0/s1. The number of thiophene rings is 1. The second-order valence-corrected chi connectivity index (χ2v) is 7.23. The van der Waals surface area contributed by atoms with E-state index >= 15 is 0 Å². The molecular weight excluding hydrogens is 320 g/mol. The van der Waals surface area contributed by atoms with Gasteiger partial charge in [0.2, 0.25) is 0 Å². The highest BCUT2D eigenvalue weighted by molar-refractivity contribution is 8.00. The largest absolute Gasteiger partial charge is 0.465 e. The summed E-state index contributed by atoms with van der Waals surface area (Å²) in [4.78, 5) is 30.8. The Morgan fingerprint density at radius 3 is 3.05 bits per heavy atom. The van der Waals surface area contributed by atoms with Crippen LogP contribution in [0.4, 0.5) is 0 Å². The second-order valence-electron chi connectivity index (χ2n) is 4.95. The minimum atomic E-state index is -0.286. The molecule has 0 saturated carbocycles. The van der Waals surface area contributed by atoms with Crippen LogP contribution in [0.3, 0.4) is 0 Å². The maximum absolute atomic E-state index is 12.7. The first kappa shape index (κ1) is 15.3. The third-order valence-corrected chi connectivity index (χ3v) is 5.87. The van der Waals surface area contributed by atoms with Crippen molar-refractivity contribution in [2.45, 2.75) is 36.7 Å². The third kappa shape index (κ3) is 2.70. The molecule has 0 radical (unpaired) electrons. The second kappa shape index (κ2) is 6.26. The lowest BCUT2D eigenvalue weighted by atomic mass is 10.3. The molecule has 22 heavy (non-hydrogen) atoms. The quantitative estimate of drug-likeness (QED) is 0.477. The van der Waals surface area contributed by atoms with Crippen molar-refractivity contribution in [3.8, 4) is 0 Å². The van der Waals surface area contributed by atoms with E-state index in [-0.39, 0.29) is 16.8 Å². The van der Waals surface area contributed by atoms with Gasteiger partial charge in [0.05, 0.1) is 12.0 Å². The Balaban J connectivity index is 2.09. The zero-order valence-corrected chi connectivity index (χ0v) is 13.8. The molecule has 0 aromatic carbocycles. The highest BCUT2D eigenvalue weighted by atomic mass is 32.2. The van der Waals surface area contributed by atoms with Crippen LogP contribution in [-0.4, -0.2) is 27.4 Å². The first-order valence-corrected chi connectivity index (χ1v) is 8.81. The van der Waals surface area contributed by atoms with Crippen LogP contribution in [0.2, 0.25) is 0 Å². The summed E-state index contributed by atoms with van der Waals surface area (Å²) in [5.41, 5.74) is -0.0743. The Kier molecular flexibility index (Phi) is 4.35. The van der Waals surface area contributed by atoms with Gasteiger partial charge in [0, 0.05) is 17.8 Å². The molecule has 0 spiro atoms. The van der Waals surface area contributed by atoms with Crippen molar-refractivity contribution in [2.75, 3.05) is 6.61 Å². The molecule has 1 aliphatic heterocycles. The van der Waals surface area contributed by atoms with Gasteiger partial charge in [0.25, 0.3) is 5.56 Å². The lowest BCUT2D eigenvalue weighted by Gasteiger charge is -2.11. The zero-order chi connectivity index (χ0) is 15.7. The number of hydrogen-bond acceptors (Lipinski definition) is 6. The highest BCUT2D eigenvalue weighted by Crippen LogP contribution is 2.30. The van der Waals surface area contributed by atoms with Crippen molar-refractivity contribution in [3.63, 3.8) is 0 Å². The molecule has 2 aromatic rings. The molecule has 1 fully saturated rings. The van der Waals surface area contributed by atoms with Gasteiger partial charge < -0.3 is 4.74 Å². The molecule has 0 bridgehead atoms. The Morgan fingerprint density at radius 2 is 2.41 bits per heavy atom. The van der Waals surface area contributed by atoms with Gasteiger partial charge in [0.1, 0.15) is 10.1 Å². The molecule has 1 aliphatic rings. The van der Waals surface area contributed by atoms with Crippen molar-refractivity contribution in [1.82, 2.24) is 9.55 Å². The van der Waals surface area contributed by atoms with Crippen LogP contribution in [0.25, 0.3) is 10.2 Å². The molecule has 116 valence electrons. The van der Waals surface area contributed by atoms with E-state index in [0.29, 0.717) is 30.1 Å². The van der Waals surface area contributed by atoms with Gasteiger partial charge in [0.15, 0.2) is 5.16 Å². The molecule has 0 aliphatic carbocycles. The van der Waals surface area contributed by atoms with Crippen LogP contribution in [0.5, 0.6) is 0 Å². The maximum atomic E-state index is 12.7. The van der Waals surface area contributed by atoms with E-state index in [2.05, 4.69) is 18.5 Å². The molecule has 3 heterocycles. The highest BCUT2D eigenvalue weighted by Gasteiger charge is 2.29. The average Bonchev–Trinajstić information content (AvgIpc) is 3.10. The van der Waals surface area contributed by atoms with Gasteiger partial charge in [-0.2, -0.15) is 0 Å². The van der Waals surface area contributed by atoms with Crippen LogP contribution in [0.1, 0.15) is 18.2 Å². The van der Waals surface area contributed by atoms with Crippen molar-refractivity contribution in [1.29, 1.82) is 0 Å². The molecule has 5 nitrogen and oxygen atoms in total. The smallest absolute Gasteiger partial charge is 0.319 e. The Hall–Kier alpha value is -1.60. The van der Waals surface area contributed by atoms with Gasteiger partial charge in [-0.05, 0) is 12.5 Å². The number of cyclic esters (lactones) is 1. The SMILES string of the molecule is C=CCn1c(S[C@H]2CCOC2=O)nc2sc(CC)cc2c1=O. The molecule has 3 rings (SSSR count). The van der Waals surface area contributed by atoms with Crippen LogP contribution < -0.4 is 5.56 Å². The van der Waals surface area contributed by atoms with Crippen molar-refractivity contribution >= 4 is 39.3 Å². The van der Waals surface area contributed by atoms with Crippen molar-refractivity contribution < 1.29 is 9.53 Å². The number of fused-ring (bicyclic) bond motifs is 1. The van der Waals surface area contributed by atoms with E-state index in [1.54, 1.807) is 10.6 Å². The molecule has 0 N–H and O–H groups in total. The fraction of sp³-hybridized carbons (Fsp3) is 0.400. The predicted octanol–water partition coefficient (Wildman–Crippen LogP) is 2.61. The van der Waals surface area contributed by atoms with Crippen molar-refractivity contribution in [3.05, 3.63) is 34.0 Å². The molecule has 2 aromatic heterocycles. The van der Waals surface area contributed by atoms with E-state index in [1.807, 2.05) is 6.07 Å². The first-order chi connectivity index (χ1) is 10.6. The number of carbonyl (C=O) groups excluding carboxylic acids is 1. The number of rotatable bonds is 5. The number of allylic oxidation sites excluding steroid dienone is 1. The predicted molar refractivity (Wildman–Crippen MR) is 88.7 cm³/mol. The summed E-state index contributed by atoms with van der Waals surface area (Å²) in [6.07, 6.45) is 3.19. The van der Waals surface area contributed by atoms with Crippen LogP contribution in [-0.2, 0) is 22.5 Å². The number of esters is 1. The summed E-state index contributed by atoms with van der Waals surface area (Å²) in [5, 5.41) is 0.916. The first-order valence-electron chi connectivity index (χ1n) is 7.11. The Morgan fingerprint density at radius 1 is 1.59 bits per heavy atom. The number of thioether (sulfide) groups is 1. The zero-order valence-electron chi connectivity index (χ0n) is 12.2. The van der Waals surface area contributed by atoms with Crippen molar-refractivity contribution in [2.24, 2.45) is 0 Å². The van der Waals surface area contributed by atoms with E-state index in [1.165, 1.54) is 23.1 Å². The summed E-state index contributed by atoms with van der Waals surface area (Å²) < 4.78 is 6.57. The Labute approximate surface area is 136 Å². The number of aryl methyl sites for hydroxylation is 1. The minimum absolute atomic E-state index is 0.0743. The maximum Gasteiger partial charge on any atom is 0.319 e. The topological polar surface area (TPSA) is 61.2 Å². The van der Waals surface area contributed by atoms with Gasteiger partial charge in [-0.15, -0.1) is 17.9 Å². The minimum Gasteiger partial charge on any atom is -0.465 e. The number of aromatic nitrogens is 2. The number of ether oxygens (including phenoxy) is 1. The molecular formula is C15H16N2O3S2. The lowest BCUT2D eigenvalue weighted by molar-refractivity contribution is -0.137. The van der Waals surface area contributed by atoms with E-state index in [9.17, 15) is 9.59 Å². The third-order valence-electron chi connectivity index (χ3n) is 3.46. The number of carbonyl (C=O) groups is 1. The van der Waals surface area contributed by atoms with Gasteiger partial charge in [-0.3, -0.25) is 14.2 Å². The molecule has 0 unspecified atom stereocenters. The van der Waals surface area contributed by atoms with E-state index < -0.39 is 0 Å². The fourth-order valence-corrected chi connectivity index (χ4v) is 4.39. The van der Waals surface area contributed by atoms with Crippen LogP contribution in [0.15, 0.2) is 28.7 Å². The molecule has 1 atom stereocenters. The van der Waals surface area contributed by atoms with Crippen LogP contribution in [0, 0.1) is 0 Å². The molecule has 7 heteroatoms. The molecule has 1 saturated heterocycles. The number of hydrogen-bond donors (Lipinski definition) is 0. The monoisotopic (exact) mass is 336 g/mol. The number of nitrogens with zero attached hydrogens (tertiary/aromatic N) is 2. The summed E-state index contributed by atoms with van der Waals surface area (Å²) >= 11 is 2.84. The fourth-order valence-electron chi connectivity index (χ4n) is 2.31. The summed E-state index contributed by atoms with van der Waals surface area (Å²) in [5.74, 6) is -0.232. The molecule has 0 amide bonds. The van der Waals surface area contributed by atoms with E-state index in [4.69, 9.17) is 4.74 Å². The lowest BCUT2D eigenvalue weighted by Crippen LogP contribution is -2.23. The van der Waals surface area contributed by atoms with E-state index in [0.717, 1.165) is 16.1 Å². The normalized spacial score (nSPS) is 17.9. The average molecular weight is 336 g/mol. The van der Waals surface area contributed by atoms with Crippen LogP contribution >= 0.6 is 23.1 Å². The summed E-state index contributed by atoms with van der Waals surface area (Å²) in [7, 11) is 0.